The van der Waals surface area contributed by atoms with Crippen molar-refractivity contribution in [2.45, 2.75) is 6.61 Å². The normalized spacial score (nSPS) is 10.9. The first-order valence-electron chi connectivity index (χ1n) is 8.42. The quantitative estimate of drug-likeness (QED) is 0.357. The number of halogens is 1. The summed E-state index contributed by atoms with van der Waals surface area (Å²) in [6.45, 7) is 0.504. The van der Waals surface area contributed by atoms with Crippen LogP contribution in [0.3, 0.4) is 0 Å². The molecule has 27 heavy (non-hydrogen) atoms. The van der Waals surface area contributed by atoms with Crippen LogP contribution >= 0.6 is 15.9 Å². The number of rotatable bonds is 6. The number of benzene rings is 3. The second-order valence-electron chi connectivity index (χ2n) is 5.86. The molecule has 0 amide bonds. The van der Waals surface area contributed by atoms with Gasteiger partial charge in [0.05, 0.1) is 23.2 Å². The summed E-state index contributed by atoms with van der Waals surface area (Å²) in [4.78, 5) is 0. The Balaban J connectivity index is 1.77. The standard InChI is InChI=1S/C23H18BrNO2/c1-26-21-10-8-19(9-11-21)20(15-25)13-18-7-12-23(22(24)14-18)27-16-17-5-3-2-4-6-17/h2-14H,16H2,1H3/b20-13+. The minimum absolute atomic E-state index is 0.504. The molecule has 0 atom stereocenters. The second kappa shape index (κ2) is 9.07. The largest absolute Gasteiger partial charge is 0.497 e. The zero-order chi connectivity index (χ0) is 19.1. The molecule has 0 saturated carbocycles. The maximum atomic E-state index is 9.52. The van der Waals surface area contributed by atoms with E-state index in [0.717, 1.165) is 32.7 Å². The monoisotopic (exact) mass is 419 g/mol. The van der Waals surface area contributed by atoms with Gasteiger partial charge in [0, 0.05) is 0 Å². The van der Waals surface area contributed by atoms with Crippen LogP contribution in [0.4, 0.5) is 0 Å². The average Bonchev–Trinajstić information content (AvgIpc) is 2.72. The van der Waals surface area contributed by atoms with Gasteiger partial charge >= 0.3 is 0 Å². The molecule has 3 nitrogen and oxygen atoms in total. The summed E-state index contributed by atoms with van der Waals surface area (Å²) in [5.74, 6) is 1.53. The lowest BCUT2D eigenvalue weighted by molar-refractivity contribution is 0.304. The van der Waals surface area contributed by atoms with Crippen LogP contribution < -0.4 is 9.47 Å². The van der Waals surface area contributed by atoms with Gasteiger partial charge in [0.2, 0.25) is 0 Å². The van der Waals surface area contributed by atoms with Gasteiger partial charge in [0.1, 0.15) is 18.1 Å². The van der Waals surface area contributed by atoms with E-state index in [4.69, 9.17) is 9.47 Å². The molecule has 0 aromatic heterocycles. The maximum Gasteiger partial charge on any atom is 0.134 e. The van der Waals surface area contributed by atoms with Crippen molar-refractivity contribution in [3.63, 3.8) is 0 Å². The molecule has 3 rings (SSSR count). The molecule has 3 aromatic carbocycles. The van der Waals surface area contributed by atoms with Gasteiger partial charge in [-0.1, -0.05) is 36.4 Å². The predicted molar refractivity (Wildman–Crippen MR) is 111 cm³/mol. The van der Waals surface area contributed by atoms with Crippen LogP contribution in [-0.4, -0.2) is 7.11 Å². The molecule has 0 aliphatic carbocycles. The van der Waals surface area contributed by atoms with Gasteiger partial charge in [-0.3, -0.25) is 0 Å². The van der Waals surface area contributed by atoms with E-state index in [0.29, 0.717) is 12.2 Å². The molecule has 3 aromatic rings. The molecular weight excluding hydrogens is 402 g/mol. The third-order valence-corrected chi connectivity index (χ3v) is 4.65. The van der Waals surface area contributed by atoms with E-state index in [9.17, 15) is 5.26 Å². The van der Waals surface area contributed by atoms with Gasteiger partial charge in [-0.15, -0.1) is 0 Å². The first-order valence-corrected chi connectivity index (χ1v) is 9.21. The predicted octanol–water partition coefficient (Wildman–Crippen LogP) is 6.10. The number of methoxy groups -OCH3 is 1. The molecule has 0 spiro atoms. The van der Waals surface area contributed by atoms with Crippen LogP contribution in [0.1, 0.15) is 16.7 Å². The number of nitriles is 1. The number of hydrogen-bond donors (Lipinski definition) is 0. The van der Waals surface area contributed by atoms with Gasteiger partial charge in [-0.2, -0.15) is 5.26 Å². The van der Waals surface area contributed by atoms with Crippen LogP contribution in [0, 0.1) is 11.3 Å². The average molecular weight is 420 g/mol. The molecule has 0 aliphatic heterocycles. The minimum atomic E-state index is 0.504. The fraction of sp³-hybridized carbons (Fsp3) is 0.0870. The lowest BCUT2D eigenvalue weighted by Crippen LogP contribution is -1.95. The smallest absolute Gasteiger partial charge is 0.134 e. The summed E-state index contributed by atoms with van der Waals surface area (Å²) in [6.07, 6.45) is 1.85. The molecule has 0 aliphatic rings. The van der Waals surface area contributed by atoms with Crippen LogP contribution in [0.25, 0.3) is 11.6 Å². The summed E-state index contributed by atoms with van der Waals surface area (Å²) in [6, 6.07) is 25.5. The molecule has 0 fully saturated rings. The molecular formula is C23H18BrNO2. The van der Waals surface area contributed by atoms with Crippen LogP contribution in [0.5, 0.6) is 11.5 Å². The number of nitrogens with zero attached hydrogens (tertiary/aromatic N) is 1. The highest BCUT2D eigenvalue weighted by Gasteiger charge is 2.05. The molecule has 0 saturated heterocycles. The van der Waals surface area contributed by atoms with Crippen molar-refractivity contribution in [2.75, 3.05) is 7.11 Å². The van der Waals surface area contributed by atoms with Crippen molar-refractivity contribution in [3.8, 4) is 17.6 Å². The number of allylic oxidation sites excluding steroid dienone is 1. The van der Waals surface area contributed by atoms with E-state index in [-0.39, 0.29) is 0 Å². The Morgan fingerprint density at radius 3 is 2.41 bits per heavy atom. The fourth-order valence-electron chi connectivity index (χ4n) is 2.58. The van der Waals surface area contributed by atoms with E-state index >= 15 is 0 Å². The Labute approximate surface area is 167 Å². The summed E-state index contributed by atoms with van der Waals surface area (Å²) in [5, 5.41) is 9.52. The Morgan fingerprint density at radius 1 is 1.04 bits per heavy atom. The van der Waals surface area contributed by atoms with Crippen LogP contribution in [-0.2, 0) is 6.61 Å². The molecule has 0 N–H and O–H groups in total. The second-order valence-corrected chi connectivity index (χ2v) is 6.72. The maximum absolute atomic E-state index is 9.52. The van der Waals surface area contributed by atoms with Gasteiger partial charge in [-0.25, -0.2) is 0 Å². The van der Waals surface area contributed by atoms with Crippen molar-refractivity contribution in [2.24, 2.45) is 0 Å². The lowest BCUT2D eigenvalue weighted by atomic mass is 10.0. The highest BCUT2D eigenvalue weighted by molar-refractivity contribution is 9.10. The lowest BCUT2D eigenvalue weighted by Gasteiger charge is -2.09. The van der Waals surface area contributed by atoms with Crippen molar-refractivity contribution in [1.82, 2.24) is 0 Å². The highest BCUT2D eigenvalue weighted by atomic mass is 79.9. The highest BCUT2D eigenvalue weighted by Crippen LogP contribution is 2.29. The van der Waals surface area contributed by atoms with Crippen molar-refractivity contribution in [3.05, 3.63) is 94.0 Å². The van der Waals surface area contributed by atoms with E-state index in [1.807, 2.05) is 78.9 Å². The van der Waals surface area contributed by atoms with E-state index in [1.54, 1.807) is 7.11 Å². The van der Waals surface area contributed by atoms with E-state index in [1.165, 1.54) is 0 Å². The molecule has 0 unspecified atom stereocenters. The van der Waals surface area contributed by atoms with Crippen molar-refractivity contribution < 1.29 is 9.47 Å². The molecule has 0 heterocycles. The zero-order valence-corrected chi connectivity index (χ0v) is 16.4. The van der Waals surface area contributed by atoms with Crippen LogP contribution in [0.2, 0.25) is 0 Å². The molecule has 4 heteroatoms. The van der Waals surface area contributed by atoms with E-state index in [2.05, 4.69) is 22.0 Å². The van der Waals surface area contributed by atoms with Gasteiger partial charge in [-0.05, 0) is 75.1 Å². The van der Waals surface area contributed by atoms with Crippen molar-refractivity contribution in [1.29, 1.82) is 5.26 Å². The van der Waals surface area contributed by atoms with Gasteiger partial charge in [0.25, 0.3) is 0 Å². The Morgan fingerprint density at radius 2 is 1.78 bits per heavy atom. The van der Waals surface area contributed by atoms with Crippen molar-refractivity contribution >= 4 is 27.6 Å². The Bertz CT molecular complexity index is 974. The van der Waals surface area contributed by atoms with Gasteiger partial charge in [0.15, 0.2) is 0 Å². The Hall–Kier alpha value is -3.03. The molecule has 134 valence electrons. The zero-order valence-electron chi connectivity index (χ0n) is 14.9. The summed E-state index contributed by atoms with van der Waals surface area (Å²) >= 11 is 3.55. The fourth-order valence-corrected chi connectivity index (χ4v) is 3.09. The third-order valence-electron chi connectivity index (χ3n) is 4.03. The number of hydrogen-bond acceptors (Lipinski definition) is 3. The molecule has 0 radical (unpaired) electrons. The SMILES string of the molecule is COc1ccc(/C(C#N)=C/c2ccc(OCc3ccccc3)c(Br)c2)cc1. The van der Waals surface area contributed by atoms with Crippen LogP contribution in [0.15, 0.2) is 77.3 Å². The minimum Gasteiger partial charge on any atom is -0.497 e. The summed E-state index contributed by atoms with van der Waals surface area (Å²) in [7, 11) is 1.62. The van der Waals surface area contributed by atoms with E-state index < -0.39 is 0 Å². The first-order chi connectivity index (χ1) is 13.2. The van der Waals surface area contributed by atoms with Gasteiger partial charge < -0.3 is 9.47 Å². The topological polar surface area (TPSA) is 42.2 Å². The molecule has 0 bridgehead atoms. The summed E-state index contributed by atoms with van der Waals surface area (Å²) < 4.78 is 11.9. The first kappa shape index (κ1) is 18.8. The Kier molecular flexibility index (Phi) is 6.30. The number of ether oxygens (including phenoxy) is 2. The summed E-state index contributed by atoms with van der Waals surface area (Å²) in [5.41, 5.74) is 3.46. The third kappa shape index (κ3) is 4.99.